The molecule has 0 bridgehead atoms. The van der Waals surface area contributed by atoms with E-state index in [2.05, 4.69) is 12.2 Å². The quantitative estimate of drug-likeness (QED) is 0.189. The predicted octanol–water partition coefficient (Wildman–Crippen LogP) is 7.55. The highest BCUT2D eigenvalue weighted by Gasteiger charge is 2.30. The highest BCUT2D eigenvalue weighted by atomic mass is 35.5. The molecule has 2 aromatic heterocycles. The maximum Gasteiger partial charge on any atom is 0.341 e. The molecule has 186 valence electrons. The number of nitriles is 1. The first-order valence-corrected chi connectivity index (χ1v) is 13.2. The number of nitrogens with zero attached hydrogens (tertiary/aromatic N) is 1. The molecule has 2 heterocycles. The minimum Gasteiger partial charge on any atom is -0.462 e. The number of carbonyl (C=O) groups excluding carboxylic acids is 2. The van der Waals surface area contributed by atoms with Crippen molar-refractivity contribution in [1.82, 2.24) is 0 Å². The van der Waals surface area contributed by atoms with E-state index < -0.39 is 11.9 Å². The lowest BCUT2D eigenvalue weighted by molar-refractivity contribution is -0.112. The zero-order valence-electron chi connectivity index (χ0n) is 19.8. The van der Waals surface area contributed by atoms with Crippen molar-refractivity contribution >= 4 is 57.5 Å². The highest BCUT2D eigenvalue weighted by Crippen LogP contribution is 2.41. The van der Waals surface area contributed by atoms with Crippen LogP contribution in [0.15, 0.2) is 40.3 Å². The Balaban J connectivity index is 1.60. The van der Waals surface area contributed by atoms with Crippen LogP contribution < -0.4 is 5.32 Å². The van der Waals surface area contributed by atoms with E-state index in [0.29, 0.717) is 43.6 Å². The molecular formula is C27H24Cl2N2O4S. The van der Waals surface area contributed by atoms with Crippen LogP contribution in [0.25, 0.3) is 17.4 Å². The molecule has 1 atom stereocenters. The molecule has 0 aliphatic heterocycles. The van der Waals surface area contributed by atoms with Gasteiger partial charge < -0.3 is 14.5 Å². The number of ether oxygens (including phenoxy) is 1. The third-order valence-corrected chi connectivity index (χ3v) is 7.84. The van der Waals surface area contributed by atoms with E-state index in [1.807, 2.05) is 6.07 Å². The van der Waals surface area contributed by atoms with E-state index >= 15 is 0 Å². The smallest absolute Gasteiger partial charge is 0.341 e. The largest absolute Gasteiger partial charge is 0.462 e. The Labute approximate surface area is 223 Å². The number of amides is 1. The summed E-state index contributed by atoms with van der Waals surface area (Å²) in [6.45, 7) is 4.13. The van der Waals surface area contributed by atoms with Gasteiger partial charge in [-0.1, -0.05) is 36.5 Å². The Hall–Kier alpha value is -3.05. The lowest BCUT2D eigenvalue weighted by Gasteiger charge is -2.20. The van der Waals surface area contributed by atoms with Gasteiger partial charge in [-0.15, -0.1) is 11.3 Å². The maximum atomic E-state index is 13.1. The number of carbonyl (C=O) groups is 2. The van der Waals surface area contributed by atoms with Crippen LogP contribution in [0.2, 0.25) is 10.0 Å². The lowest BCUT2D eigenvalue weighted by atomic mass is 9.85. The molecule has 1 unspecified atom stereocenters. The van der Waals surface area contributed by atoms with Gasteiger partial charge in [-0.3, -0.25) is 4.79 Å². The van der Waals surface area contributed by atoms with Crippen molar-refractivity contribution < 1.29 is 18.7 Å². The number of nitrogens with one attached hydrogen (secondary N) is 1. The number of hydrogen-bond acceptors (Lipinski definition) is 6. The van der Waals surface area contributed by atoms with Crippen LogP contribution >= 0.6 is 34.5 Å². The van der Waals surface area contributed by atoms with Crippen molar-refractivity contribution in [3.8, 4) is 17.4 Å². The number of esters is 1. The van der Waals surface area contributed by atoms with Gasteiger partial charge in [-0.05, 0) is 68.0 Å². The van der Waals surface area contributed by atoms with Crippen LogP contribution in [-0.4, -0.2) is 18.5 Å². The van der Waals surface area contributed by atoms with Crippen LogP contribution in [-0.2, 0) is 22.4 Å². The predicted molar refractivity (Wildman–Crippen MR) is 142 cm³/mol. The van der Waals surface area contributed by atoms with Crippen LogP contribution in [0.5, 0.6) is 0 Å². The normalized spacial score (nSPS) is 15.2. The number of hydrogen-bond donors (Lipinski definition) is 1. The summed E-state index contributed by atoms with van der Waals surface area (Å²) >= 11 is 13.6. The van der Waals surface area contributed by atoms with Crippen LogP contribution in [0.3, 0.4) is 0 Å². The van der Waals surface area contributed by atoms with E-state index in [1.165, 1.54) is 17.4 Å². The molecule has 1 aliphatic rings. The van der Waals surface area contributed by atoms with Crippen molar-refractivity contribution in [3.63, 3.8) is 0 Å². The van der Waals surface area contributed by atoms with Gasteiger partial charge in [-0.2, -0.15) is 5.26 Å². The second kappa shape index (κ2) is 11.3. The first-order valence-electron chi connectivity index (χ1n) is 11.6. The third-order valence-electron chi connectivity index (χ3n) is 6.13. The standard InChI is InChI=1S/C27H24Cl2N2O4S/c1-3-15-5-8-20-23(11-15)36-26(24(20)27(33)34-4-2)31-25(32)16(14-30)12-18-7-10-22(35-18)19-9-6-17(28)13-21(19)29/h6-7,9-10,12-13,15H,3-5,8,11H2,1-2H3,(H,31,32)/b16-12+. The average molecular weight is 543 g/mol. The molecule has 4 rings (SSSR count). The number of rotatable bonds is 7. The number of halogens is 2. The summed E-state index contributed by atoms with van der Waals surface area (Å²) in [7, 11) is 0. The second-order valence-electron chi connectivity index (χ2n) is 8.40. The Bertz CT molecular complexity index is 1380. The molecule has 9 heteroatoms. The molecule has 0 fully saturated rings. The Kier molecular flexibility index (Phi) is 8.20. The van der Waals surface area contributed by atoms with Gasteiger partial charge in [0.25, 0.3) is 5.91 Å². The molecule has 1 N–H and O–H groups in total. The number of furan rings is 1. The van der Waals surface area contributed by atoms with Crippen molar-refractivity contribution in [3.05, 3.63) is 67.7 Å². The fourth-order valence-electron chi connectivity index (χ4n) is 4.24. The summed E-state index contributed by atoms with van der Waals surface area (Å²) in [6, 6.07) is 10.3. The molecule has 0 radical (unpaired) electrons. The molecular weight excluding hydrogens is 519 g/mol. The lowest BCUT2D eigenvalue weighted by Crippen LogP contribution is -2.17. The van der Waals surface area contributed by atoms with E-state index in [4.69, 9.17) is 32.4 Å². The summed E-state index contributed by atoms with van der Waals surface area (Å²) in [5, 5.41) is 13.8. The second-order valence-corrected chi connectivity index (χ2v) is 10.3. The topological polar surface area (TPSA) is 92.3 Å². The van der Waals surface area contributed by atoms with Gasteiger partial charge in [0.2, 0.25) is 0 Å². The summed E-state index contributed by atoms with van der Waals surface area (Å²) in [5.74, 6) is 0.243. The first-order chi connectivity index (χ1) is 17.3. The third kappa shape index (κ3) is 5.52. The van der Waals surface area contributed by atoms with Gasteiger partial charge in [0.15, 0.2) is 0 Å². The van der Waals surface area contributed by atoms with Crippen LogP contribution in [0.1, 0.15) is 53.2 Å². The monoisotopic (exact) mass is 542 g/mol. The fraction of sp³-hybridized carbons (Fsp3) is 0.296. The number of anilines is 1. The zero-order valence-corrected chi connectivity index (χ0v) is 22.1. The number of benzene rings is 1. The molecule has 36 heavy (non-hydrogen) atoms. The van der Waals surface area contributed by atoms with E-state index in [-0.39, 0.29) is 12.2 Å². The van der Waals surface area contributed by atoms with Crippen molar-refractivity contribution in [2.45, 2.75) is 39.5 Å². The van der Waals surface area contributed by atoms with Crippen LogP contribution in [0, 0.1) is 17.2 Å². The fourth-order valence-corrected chi connectivity index (χ4v) is 6.08. The first kappa shape index (κ1) is 26.0. The van der Waals surface area contributed by atoms with Gasteiger partial charge in [0, 0.05) is 21.5 Å². The SMILES string of the molecule is CCOC(=O)c1c(NC(=O)/C(C#N)=C/c2ccc(-c3ccc(Cl)cc3Cl)o2)sc2c1CCC(CC)C2. The van der Waals surface area contributed by atoms with Crippen molar-refractivity contribution in [2.75, 3.05) is 11.9 Å². The molecule has 3 aromatic rings. The Morgan fingerprint density at radius 1 is 1.28 bits per heavy atom. The van der Waals surface area contributed by atoms with Gasteiger partial charge in [-0.25, -0.2) is 4.79 Å². The van der Waals surface area contributed by atoms with Gasteiger partial charge >= 0.3 is 5.97 Å². The van der Waals surface area contributed by atoms with Crippen molar-refractivity contribution in [2.24, 2.45) is 5.92 Å². The minimum absolute atomic E-state index is 0.161. The Morgan fingerprint density at radius 3 is 2.78 bits per heavy atom. The molecule has 0 spiro atoms. The summed E-state index contributed by atoms with van der Waals surface area (Å²) in [5.41, 5.74) is 1.81. The highest BCUT2D eigenvalue weighted by molar-refractivity contribution is 7.17. The zero-order chi connectivity index (χ0) is 25.8. The number of fused-ring (bicyclic) bond motifs is 1. The molecule has 1 amide bonds. The van der Waals surface area contributed by atoms with Gasteiger partial charge in [0.05, 0.1) is 17.2 Å². The minimum atomic E-state index is -0.629. The summed E-state index contributed by atoms with van der Waals surface area (Å²) < 4.78 is 11.1. The maximum absolute atomic E-state index is 13.1. The number of thiophene rings is 1. The summed E-state index contributed by atoms with van der Waals surface area (Å²) in [6.07, 6.45) is 5.02. The van der Waals surface area contributed by atoms with E-state index in [0.717, 1.165) is 36.1 Å². The van der Waals surface area contributed by atoms with E-state index in [1.54, 1.807) is 37.3 Å². The molecule has 6 nitrogen and oxygen atoms in total. The molecule has 1 aromatic carbocycles. The van der Waals surface area contributed by atoms with Crippen LogP contribution in [0.4, 0.5) is 5.00 Å². The molecule has 1 aliphatic carbocycles. The van der Waals surface area contributed by atoms with Gasteiger partial charge in [0.1, 0.15) is 28.2 Å². The molecule has 0 saturated heterocycles. The Morgan fingerprint density at radius 2 is 2.08 bits per heavy atom. The van der Waals surface area contributed by atoms with E-state index in [9.17, 15) is 14.9 Å². The molecule has 0 saturated carbocycles. The average Bonchev–Trinajstić information content (AvgIpc) is 3.46. The van der Waals surface area contributed by atoms with Crippen molar-refractivity contribution in [1.29, 1.82) is 5.26 Å². The summed E-state index contributed by atoms with van der Waals surface area (Å²) in [4.78, 5) is 26.9.